The van der Waals surface area contributed by atoms with Crippen molar-refractivity contribution < 1.29 is 4.79 Å². The Morgan fingerprint density at radius 2 is 2.18 bits per heavy atom. The molecule has 1 saturated heterocycles. The zero-order valence-electron chi connectivity index (χ0n) is 11.5. The summed E-state index contributed by atoms with van der Waals surface area (Å²) in [6.07, 6.45) is 5.79. The van der Waals surface area contributed by atoms with Crippen LogP contribution in [0.15, 0.2) is 0 Å². The van der Waals surface area contributed by atoms with Crippen molar-refractivity contribution in [3.63, 3.8) is 0 Å². The van der Waals surface area contributed by atoms with Crippen LogP contribution < -0.4 is 5.32 Å². The van der Waals surface area contributed by atoms with Gasteiger partial charge in [-0.1, -0.05) is 20.8 Å². The fraction of sp³-hybridized carbons (Fsp3) is 0.929. The van der Waals surface area contributed by atoms with E-state index in [-0.39, 0.29) is 6.04 Å². The number of hydrogen-bond donors (Lipinski definition) is 1. The molecule has 1 aliphatic heterocycles. The van der Waals surface area contributed by atoms with Crippen molar-refractivity contribution in [1.29, 1.82) is 0 Å². The van der Waals surface area contributed by atoms with Crippen molar-refractivity contribution in [1.82, 2.24) is 10.2 Å². The van der Waals surface area contributed by atoms with E-state index in [1.807, 2.05) is 0 Å². The van der Waals surface area contributed by atoms with Crippen LogP contribution >= 0.6 is 0 Å². The molecular formula is C14H26N2O. The van der Waals surface area contributed by atoms with Crippen LogP contribution in [0.3, 0.4) is 0 Å². The molecule has 3 nitrogen and oxygen atoms in total. The maximum Gasteiger partial charge on any atom is 0.239 e. The Morgan fingerprint density at radius 3 is 2.76 bits per heavy atom. The second kappa shape index (κ2) is 4.97. The van der Waals surface area contributed by atoms with E-state index in [0.717, 1.165) is 25.9 Å². The van der Waals surface area contributed by atoms with E-state index in [0.29, 0.717) is 17.4 Å². The van der Waals surface area contributed by atoms with Crippen molar-refractivity contribution in [2.45, 2.75) is 65.0 Å². The van der Waals surface area contributed by atoms with Gasteiger partial charge in [0.15, 0.2) is 0 Å². The third-order valence-electron chi connectivity index (χ3n) is 4.31. The normalized spacial score (nSPS) is 33.1. The molecule has 2 unspecified atom stereocenters. The molecular weight excluding hydrogens is 212 g/mol. The molecule has 0 aromatic heterocycles. The molecule has 0 bridgehead atoms. The highest BCUT2D eigenvalue weighted by molar-refractivity contribution is 5.83. The predicted octanol–water partition coefficient (Wildman–Crippen LogP) is 2.17. The monoisotopic (exact) mass is 238 g/mol. The van der Waals surface area contributed by atoms with Crippen LogP contribution in [0.2, 0.25) is 0 Å². The van der Waals surface area contributed by atoms with E-state index in [9.17, 15) is 4.79 Å². The molecule has 2 atom stereocenters. The van der Waals surface area contributed by atoms with Crippen molar-refractivity contribution in [2.24, 2.45) is 5.41 Å². The van der Waals surface area contributed by atoms with Gasteiger partial charge in [0.1, 0.15) is 0 Å². The average molecular weight is 238 g/mol. The minimum absolute atomic E-state index is 0.0810. The first kappa shape index (κ1) is 12.9. The van der Waals surface area contributed by atoms with Gasteiger partial charge in [0, 0.05) is 12.6 Å². The molecule has 2 fully saturated rings. The lowest BCUT2D eigenvalue weighted by Gasteiger charge is -2.37. The van der Waals surface area contributed by atoms with E-state index in [1.165, 1.54) is 19.3 Å². The van der Waals surface area contributed by atoms with E-state index in [1.54, 1.807) is 0 Å². The summed E-state index contributed by atoms with van der Waals surface area (Å²) in [6.45, 7) is 8.58. The zero-order valence-corrected chi connectivity index (χ0v) is 11.5. The highest BCUT2D eigenvalue weighted by Gasteiger charge is 2.39. The molecule has 2 aliphatic rings. The lowest BCUT2D eigenvalue weighted by molar-refractivity contribution is -0.138. The first-order valence-corrected chi connectivity index (χ1v) is 7.07. The molecule has 1 aliphatic carbocycles. The van der Waals surface area contributed by atoms with Crippen LogP contribution in [0.1, 0.15) is 52.9 Å². The number of nitrogens with one attached hydrogen (secondary N) is 1. The number of piperidine rings is 1. The average Bonchev–Trinajstić information content (AvgIpc) is 2.62. The summed E-state index contributed by atoms with van der Waals surface area (Å²) in [4.78, 5) is 14.5. The van der Waals surface area contributed by atoms with E-state index in [4.69, 9.17) is 0 Å². The summed E-state index contributed by atoms with van der Waals surface area (Å²) in [6, 6.07) is 0.580. The smallest absolute Gasteiger partial charge is 0.239 e. The minimum atomic E-state index is 0.0810. The number of nitrogens with zero attached hydrogens (tertiary/aromatic N) is 1. The Kier molecular flexibility index (Phi) is 3.76. The van der Waals surface area contributed by atoms with Gasteiger partial charge in [0.05, 0.1) is 6.04 Å². The molecule has 0 spiro atoms. The fourth-order valence-electron chi connectivity index (χ4n) is 3.36. The molecule has 2 rings (SSSR count). The predicted molar refractivity (Wildman–Crippen MR) is 69.8 cm³/mol. The van der Waals surface area contributed by atoms with Crippen molar-refractivity contribution >= 4 is 5.91 Å². The largest absolute Gasteiger partial charge is 0.338 e. The standard InChI is InChI=1S/C14H26N2O/c1-4-15-12-6-5-9-16(13(12)17)11-7-8-14(2,3)10-11/h11-12,15H,4-10H2,1-3H3. The number of likely N-dealkylation sites (tertiary alicyclic amines) is 1. The Labute approximate surface area is 105 Å². The maximum atomic E-state index is 12.4. The van der Waals surface area contributed by atoms with Crippen LogP contribution in [-0.2, 0) is 4.79 Å². The number of rotatable bonds is 3. The van der Waals surface area contributed by atoms with Gasteiger partial charge in [0.2, 0.25) is 5.91 Å². The van der Waals surface area contributed by atoms with Gasteiger partial charge in [-0.2, -0.15) is 0 Å². The second-order valence-corrected chi connectivity index (χ2v) is 6.34. The molecule has 17 heavy (non-hydrogen) atoms. The van der Waals surface area contributed by atoms with Crippen LogP contribution in [0.5, 0.6) is 0 Å². The van der Waals surface area contributed by atoms with E-state index in [2.05, 4.69) is 31.0 Å². The van der Waals surface area contributed by atoms with Gasteiger partial charge in [-0.05, 0) is 44.1 Å². The number of carbonyl (C=O) groups excluding carboxylic acids is 1. The number of hydrogen-bond acceptors (Lipinski definition) is 2. The summed E-state index contributed by atoms with van der Waals surface area (Å²) in [5, 5.41) is 3.32. The Bertz CT molecular complexity index is 286. The highest BCUT2D eigenvalue weighted by Crippen LogP contribution is 2.40. The first-order chi connectivity index (χ1) is 8.03. The van der Waals surface area contributed by atoms with Gasteiger partial charge < -0.3 is 10.2 Å². The van der Waals surface area contributed by atoms with E-state index >= 15 is 0 Å². The van der Waals surface area contributed by atoms with Gasteiger partial charge in [-0.15, -0.1) is 0 Å². The number of likely N-dealkylation sites (N-methyl/N-ethyl adjacent to an activating group) is 1. The summed E-state index contributed by atoms with van der Waals surface area (Å²) >= 11 is 0. The lowest BCUT2D eigenvalue weighted by Crippen LogP contribution is -2.53. The number of amides is 1. The SMILES string of the molecule is CCNC1CCCN(C2CCC(C)(C)C2)C1=O. The zero-order chi connectivity index (χ0) is 12.5. The van der Waals surface area contributed by atoms with Gasteiger partial charge in [0.25, 0.3) is 0 Å². The summed E-state index contributed by atoms with van der Waals surface area (Å²) < 4.78 is 0. The summed E-state index contributed by atoms with van der Waals surface area (Å²) in [5.74, 6) is 0.348. The van der Waals surface area contributed by atoms with Crippen LogP contribution in [0.25, 0.3) is 0 Å². The molecule has 0 aromatic carbocycles. The Balaban J connectivity index is 1.99. The van der Waals surface area contributed by atoms with Crippen molar-refractivity contribution in [3.05, 3.63) is 0 Å². The second-order valence-electron chi connectivity index (χ2n) is 6.34. The van der Waals surface area contributed by atoms with Crippen molar-refractivity contribution in [2.75, 3.05) is 13.1 Å². The molecule has 0 aromatic rings. The first-order valence-electron chi connectivity index (χ1n) is 7.07. The van der Waals surface area contributed by atoms with Crippen molar-refractivity contribution in [3.8, 4) is 0 Å². The molecule has 1 N–H and O–H groups in total. The van der Waals surface area contributed by atoms with E-state index < -0.39 is 0 Å². The van der Waals surface area contributed by atoms with Gasteiger partial charge >= 0.3 is 0 Å². The molecule has 3 heteroatoms. The Hall–Kier alpha value is -0.570. The van der Waals surface area contributed by atoms with Crippen LogP contribution in [-0.4, -0.2) is 36.0 Å². The number of carbonyl (C=O) groups is 1. The fourth-order valence-corrected chi connectivity index (χ4v) is 3.36. The molecule has 1 amide bonds. The topological polar surface area (TPSA) is 32.3 Å². The van der Waals surface area contributed by atoms with Gasteiger partial charge in [-0.3, -0.25) is 4.79 Å². The molecule has 0 radical (unpaired) electrons. The Morgan fingerprint density at radius 1 is 1.41 bits per heavy atom. The van der Waals surface area contributed by atoms with Gasteiger partial charge in [-0.25, -0.2) is 0 Å². The van der Waals surface area contributed by atoms with Crippen LogP contribution in [0.4, 0.5) is 0 Å². The maximum absolute atomic E-state index is 12.4. The third-order valence-corrected chi connectivity index (χ3v) is 4.31. The third kappa shape index (κ3) is 2.82. The summed E-state index contributed by atoms with van der Waals surface area (Å²) in [7, 11) is 0. The van der Waals surface area contributed by atoms with Crippen LogP contribution in [0, 0.1) is 5.41 Å². The minimum Gasteiger partial charge on any atom is -0.338 e. The molecule has 1 saturated carbocycles. The highest BCUT2D eigenvalue weighted by atomic mass is 16.2. The quantitative estimate of drug-likeness (QED) is 0.817. The summed E-state index contributed by atoms with van der Waals surface area (Å²) in [5.41, 5.74) is 0.427. The molecule has 98 valence electrons. The molecule has 1 heterocycles. The lowest BCUT2D eigenvalue weighted by atomic mass is 9.91.